The van der Waals surface area contributed by atoms with Crippen LogP contribution in [0.15, 0.2) is 29.1 Å². The zero-order chi connectivity index (χ0) is 16.0. The molecule has 0 unspecified atom stereocenters. The maximum absolute atomic E-state index is 12.4. The summed E-state index contributed by atoms with van der Waals surface area (Å²) in [6.45, 7) is -2.86. The molecule has 0 saturated heterocycles. The Morgan fingerprint density at radius 1 is 1.22 bits per heavy atom. The molecule has 4 nitrogen and oxygen atoms in total. The molecule has 0 fully saturated rings. The number of aryl methyl sites for hydroxylation is 2. The molecular weight excluding hydrogens is 322 g/mol. The number of hydrogen-bond donors (Lipinski definition) is 1. The van der Waals surface area contributed by atoms with Crippen molar-refractivity contribution in [3.05, 3.63) is 45.1 Å². The maximum Gasteiger partial charge on any atom is 0.387 e. The molecule has 1 aliphatic carbocycles. The van der Waals surface area contributed by atoms with Gasteiger partial charge in [0.2, 0.25) is 0 Å². The van der Waals surface area contributed by atoms with Crippen molar-refractivity contribution in [3.8, 4) is 17.1 Å². The van der Waals surface area contributed by atoms with Crippen LogP contribution in [-0.2, 0) is 12.8 Å². The molecule has 4 rings (SSSR count). The van der Waals surface area contributed by atoms with Crippen LogP contribution in [0.3, 0.4) is 0 Å². The second kappa shape index (κ2) is 5.42. The van der Waals surface area contributed by atoms with E-state index in [4.69, 9.17) is 0 Å². The van der Waals surface area contributed by atoms with Crippen molar-refractivity contribution in [2.75, 3.05) is 0 Å². The van der Waals surface area contributed by atoms with E-state index in [1.165, 1.54) is 17.0 Å². The van der Waals surface area contributed by atoms with Gasteiger partial charge in [-0.05, 0) is 49.1 Å². The SMILES string of the molecule is O=c1[nH]c(-c2ccc(OC(F)F)cc2)nc2sc3c(c12)CCC3. The Bertz CT molecular complexity index is 932. The number of hydrogen-bond acceptors (Lipinski definition) is 4. The van der Waals surface area contributed by atoms with Gasteiger partial charge in [0.15, 0.2) is 0 Å². The van der Waals surface area contributed by atoms with Gasteiger partial charge in [0.1, 0.15) is 16.4 Å². The summed E-state index contributed by atoms with van der Waals surface area (Å²) >= 11 is 1.57. The van der Waals surface area contributed by atoms with Crippen LogP contribution < -0.4 is 10.3 Å². The second-order valence-corrected chi connectivity index (χ2v) is 6.44. The number of nitrogens with one attached hydrogen (secondary N) is 1. The number of benzene rings is 1. The Kier molecular flexibility index (Phi) is 3.37. The lowest BCUT2D eigenvalue weighted by molar-refractivity contribution is -0.0498. The highest BCUT2D eigenvalue weighted by Gasteiger charge is 2.21. The first-order valence-electron chi connectivity index (χ1n) is 7.21. The molecule has 0 saturated carbocycles. The molecule has 3 aromatic rings. The van der Waals surface area contributed by atoms with E-state index in [9.17, 15) is 13.6 Å². The third kappa shape index (κ3) is 2.50. The largest absolute Gasteiger partial charge is 0.435 e. The zero-order valence-electron chi connectivity index (χ0n) is 11.9. The van der Waals surface area contributed by atoms with Crippen LogP contribution in [0.5, 0.6) is 5.75 Å². The molecular formula is C16H12F2N2O2S. The van der Waals surface area contributed by atoms with E-state index >= 15 is 0 Å². The Morgan fingerprint density at radius 2 is 2.00 bits per heavy atom. The van der Waals surface area contributed by atoms with Crippen molar-refractivity contribution in [2.24, 2.45) is 0 Å². The van der Waals surface area contributed by atoms with Crippen molar-refractivity contribution >= 4 is 21.6 Å². The van der Waals surface area contributed by atoms with E-state index in [0.29, 0.717) is 16.8 Å². The summed E-state index contributed by atoms with van der Waals surface area (Å²) in [5.74, 6) is 0.508. The fourth-order valence-electron chi connectivity index (χ4n) is 2.93. The molecule has 0 atom stereocenters. The van der Waals surface area contributed by atoms with Gasteiger partial charge >= 0.3 is 6.61 Å². The minimum atomic E-state index is -2.86. The lowest BCUT2D eigenvalue weighted by atomic mass is 10.2. The average molecular weight is 334 g/mol. The average Bonchev–Trinajstić information content (AvgIpc) is 3.07. The molecule has 1 aliphatic rings. The smallest absolute Gasteiger partial charge is 0.387 e. The predicted octanol–water partition coefficient (Wildman–Crippen LogP) is 3.74. The summed E-state index contributed by atoms with van der Waals surface area (Å²) in [4.78, 5) is 21.7. The number of alkyl halides is 2. The van der Waals surface area contributed by atoms with Gasteiger partial charge in [-0.1, -0.05) is 0 Å². The summed E-state index contributed by atoms with van der Waals surface area (Å²) in [7, 11) is 0. The molecule has 0 radical (unpaired) electrons. The lowest BCUT2D eigenvalue weighted by Crippen LogP contribution is -2.09. The van der Waals surface area contributed by atoms with Crippen LogP contribution in [-0.4, -0.2) is 16.6 Å². The number of ether oxygens (including phenoxy) is 1. The highest BCUT2D eigenvalue weighted by atomic mass is 32.1. The van der Waals surface area contributed by atoms with Crippen LogP contribution in [0.1, 0.15) is 16.9 Å². The number of fused-ring (bicyclic) bond motifs is 3. The standard InChI is InChI=1S/C16H12F2N2O2S/c17-16(18)22-9-6-4-8(5-7-9)13-19-14(21)12-10-2-1-3-11(10)23-15(12)20-13/h4-7,16H,1-3H2,(H,19,20,21). The summed E-state index contributed by atoms with van der Waals surface area (Å²) < 4.78 is 28.7. The van der Waals surface area contributed by atoms with Gasteiger partial charge in [0.25, 0.3) is 5.56 Å². The predicted molar refractivity (Wildman–Crippen MR) is 84.3 cm³/mol. The van der Waals surface area contributed by atoms with Crippen molar-refractivity contribution in [1.82, 2.24) is 9.97 Å². The van der Waals surface area contributed by atoms with Gasteiger partial charge in [-0.2, -0.15) is 8.78 Å². The van der Waals surface area contributed by atoms with Gasteiger partial charge in [0, 0.05) is 10.4 Å². The quantitative estimate of drug-likeness (QED) is 0.794. The summed E-state index contributed by atoms with van der Waals surface area (Å²) in [5, 5.41) is 0.698. The molecule has 2 heterocycles. The molecule has 0 spiro atoms. The Hall–Kier alpha value is -2.28. The third-order valence-electron chi connectivity index (χ3n) is 3.93. The molecule has 0 amide bonds. The Balaban J connectivity index is 1.76. The first kappa shape index (κ1) is 14.3. The van der Waals surface area contributed by atoms with Crippen LogP contribution in [0.2, 0.25) is 0 Å². The fraction of sp³-hybridized carbons (Fsp3) is 0.250. The van der Waals surface area contributed by atoms with Crippen LogP contribution >= 0.6 is 11.3 Å². The maximum atomic E-state index is 12.4. The Labute approximate surface area is 133 Å². The topological polar surface area (TPSA) is 55.0 Å². The van der Waals surface area contributed by atoms with E-state index in [0.717, 1.165) is 29.7 Å². The number of H-pyrrole nitrogens is 1. The van der Waals surface area contributed by atoms with Gasteiger partial charge in [0.05, 0.1) is 5.39 Å². The van der Waals surface area contributed by atoms with Gasteiger partial charge < -0.3 is 9.72 Å². The van der Waals surface area contributed by atoms with Crippen molar-refractivity contribution in [2.45, 2.75) is 25.9 Å². The number of thiophene rings is 1. The molecule has 118 valence electrons. The van der Waals surface area contributed by atoms with Gasteiger partial charge in [-0.15, -0.1) is 11.3 Å². The van der Waals surface area contributed by atoms with Crippen LogP contribution in [0, 0.1) is 0 Å². The van der Waals surface area contributed by atoms with E-state index in [-0.39, 0.29) is 11.3 Å². The van der Waals surface area contributed by atoms with Gasteiger partial charge in [-0.25, -0.2) is 4.98 Å². The van der Waals surface area contributed by atoms with Gasteiger partial charge in [-0.3, -0.25) is 4.79 Å². The summed E-state index contributed by atoms with van der Waals surface area (Å²) in [6.07, 6.45) is 3.02. The fourth-order valence-corrected chi connectivity index (χ4v) is 4.20. The van der Waals surface area contributed by atoms with Crippen molar-refractivity contribution in [3.63, 3.8) is 0 Å². The second-order valence-electron chi connectivity index (χ2n) is 5.35. The van der Waals surface area contributed by atoms with Crippen LogP contribution in [0.25, 0.3) is 21.6 Å². The summed E-state index contributed by atoms with van der Waals surface area (Å²) in [5.41, 5.74) is 1.64. The van der Waals surface area contributed by atoms with E-state index in [1.54, 1.807) is 23.5 Å². The molecule has 2 aromatic heterocycles. The highest BCUT2D eigenvalue weighted by Crippen LogP contribution is 2.35. The number of aromatic amines is 1. The zero-order valence-corrected chi connectivity index (χ0v) is 12.8. The first-order valence-corrected chi connectivity index (χ1v) is 8.03. The summed E-state index contributed by atoms with van der Waals surface area (Å²) in [6, 6.07) is 6.06. The third-order valence-corrected chi connectivity index (χ3v) is 5.11. The van der Waals surface area contributed by atoms with Crippen molar-refractivity contribution in [1.29, 1.82) is 0 Å². The van der Waals surface area contributed by atoms with E-state index in [2.05, 4.69) is 14.7 Å². The molecule has 1 N–H and O–H groups in total. The van der Waals surface area contributed by atoms with E-state index in [1.807, 2.05) is 0 Å². The normalized spacial score (nSPS) is 13.7. The molecule has 0 bridgehead atoms. The van der Waals surface area contributed by atoms with Crippen molar-refractivity contribution < 1.29 is 13.5 Å². The minimum absolute atomic E-state index is 0.0716. The van der Waals surface area contributed by atoms with Crippen LogP contribution in [0.4, 0.5) is 8.78 Å². The monoisotopic (exact) mass is 334 g/mol. The number of halogens is 2. The Morgan fingerprint density at radius 3 is 2.74 bits per heavy atom. The first-order chi connectivity index (χ1) is 11.1. The number of nitrogens with zero attached hydrogens (tertiary/aromatic N) is 1. The molecule has 7 heteroatoms. The number of rotatable bonds is 3. The van der Waals surface area contributed by atoms with E-state index < -0.39 is 6.61 Å². The molecule has 0 aliphatic heterocycles. The molecule has 23 heavy (non-hydrogen) atoms. The highest BCUT2D eigenvalue weighted by molar-refractivity contribution is 7.18. The number of aromatic nitrogens is 2. The molecule has 1 aromatic carbocycles. The lowest BCUT2D eigenvalue weighted by Gasteiger charge is -2.05. The minimum Gasteiger partial charge on any atom is -0.435 e.